The molecule has 2 nitrogen and oxygen atoms in total. The van der Waals surface area contributed by atoms with Crippen LogP contribution < -0.4 is 5.73 Å². The maximum Gasteiger partial charge on any atom is 0.0139 e. The fraction of sp³-hybridized carbons (Fsp3) is 1.00. The average Bonchev–Trinajstić information content (AvgIpc) is 2.82. The molecule has 0 amide bonds. The van der Waals surface area contributed by atoms with Gasteiger partial charge in [0.15, 0.2) is 0 Å². The highest BCUT2D eigenvalue weighted by atomic mass is 15.2. The molecular formula is C12H24N2. The van der Waals surface area contributed by atoms with Crippen molar-refractivity contribution in [2.45, 2.75) is 51.6 Å². The molecule has 2 fully saturated rings. The Morgan fingerprint density at radius 3 is 2.29 bits per heavy atom. The van der Waals surface area contributed by atoms with Gasteiger partial charge in [-0.1, -0.05) is 13.8 Å². The maximum atomic E-state index is 5.79. The normalized spacial score (nSPS) is 32.4. The number of hydrogen-bond acceptors (Lipinski definition) is 2. The van der Waals surface area contributed by atoms with Crippen LogP contribution in [0.4, 0.5) is 0 Å². The van der Waals surface area contributed by atoms with E-state index >= 15 is 0 Å². The summed E-state index contributed by atoms with van der Waals surface area (Å²) in [7, 11) is 0. The van der Waals surface area contributed by atoms with Crippen molar-refractivity contribution in [3.8, 4) is 0 Å². The summed E-state index contributed by atoms with van der Waals surface area (Å²) in [5.41, 5.74) is 5.79. The summed E-state index contributed by atoms with van der Waals surface area (Å²) in [6.07, 6.45) is 5.62. The fourth-order valence-corrected chi connectivity index (χ4v) is 2.65. The maximum absolute atomic E-state index is 5.79. The molecule has 0 spiro atoms. The van der Waals surface area contributed by atoms with E-state index in [4.69, 9.17) is 5.73 Å². The Morgan fingerprint density at radius 2 is 1.93 bits per heavy atom. The first-order valence-corrected chi connectivity index (χ1v) is 6.18. The lowest BCUT2D eigenvalue weighted by molar-refractivity contribution is 0.0501. The van der Waals surface area contributed by atoms with E-state index < -0.39 is 0 Å². The molecule has 2 heteroatoms. The summed E-state index contributed by atoms with van der Waals surface area (Å²) in [4.78, 5) is 2.76. The highest BCUT2D eigenvalue weighted by Crippen LogP contribution is 2.38. The van der Waals surface area contributed by atoms with E-state index in [1.165, 1.54) is 32.2 Å². The molecule has 0 saturated heterocycles. The van der Waals surface area contributed by atoms with Crippen molar-refractivity contribution in [1.82, 2.24) is 4.90 Å². The third-order valence-electron chi connectivity index (χ3n) is 3.70. The average molecular weight is 196 g/mol. The van der Waals surface area contributed by atoms with Crippen LogP contribution in [0.5, 0.6) is 0 Å². The number of nitrogens with zero attached hydrogens (tertiary/aromatic N) is 1. The quantitative estimate of drug-likeness (QED) is 0.727. The third kappa shape index (κ3) is 2.12. The minimum absolute atomic E-state index is 0.800. The Kier molecular flexibility index (Phi) is 3.13. The SMILES string of the molecule is CC(C)CN(C1CC1)C1CCC1CN. The van der Waals surface area contributed by atoms with Crippen molar-refractivity contribution in [2.75, 3.05) is 13.1 Å². The second-order valence-corrected chi connectivity index (χ2v) is 5.46. The smallest absolute Gasteiger partial charge is 0.0139 e. The second-order valence-electron chi connectivity index (χ2n) is 5.46. The van der Waals surface area contributed by atoms with Crippen molar-refractivity contribution in [2.24, 2.45) is 17.6 Å². The lowest BCUT2D eigenvalue weighted by Gasteiger charge is -2.45. The van der Waals surface area contributed by atoms with Crippen LogP contribution in [0.2, 0.25) is 0 Å². The third-order valence-corrected chi connectivity index (χ3v) is 3.70. The molecule has 0 aliphatic heterocycles. The first kappa shape index (κ1) is 10.4. The van der Waals surface area contributed by atoms with Gasteiger partial charge in [0, 0.05) is 18.6 Å². The van der Waals surface area contributed by atoms with Gasteiger partial charge in [0.2, 0.25) is 0 Å². The van der Waals surface area contributed by atoms with Gasteiger partial charge in [-0.05, 0) is 44.1 Å². The number of hydrogen-bond donors (Lipinski definition) is 1. The molecule has 2 aliphatic rings. The van der Waals surface area contributed by atoms with Crippen molar-refractivity contribution in [1.29, 1.82) is 0 Å². The molecule has 14 heavy (non-hydrogen) atoms. The lowest BCUT2D eigenvalue weighted by Crippen LogP contribution is -2.51. The highest BCUT2D eigenvalue weighted by Gasteiger charge is 2.41. The monoisotopic (exact) mass is 196 g/mol. The van der Waals surface area contributed by atoms with Gasteiger partial charge < -0.3 is 5.73 Å². The molecule has 0 aromatic heterocycles. The Morgan fingerprint density at radius 1 is 1.21 bits per heavy atom. The van der Waals surface area contributed by atoms with Gasteiger partial charge in [0.1, 0.15) is 0 Å². The van der Waals surface area contributed by atoms with E-state index in [0.29, 0.717) is 0 Å². The van der Waals surface area contributed by atoms with Gasteiger partial charge in [-0.25, -0.2) is 0 Å². The van der Waals surface area contributed by atoms with Crippen LogP contribution in [0.25, 0.3) is 0 Å². The number of nitrogens with two attached hydrogens (primary N) is 1. The summed E-state index contributed by atoms with van der Waals surface area (Å²) in [5, 5.41) is 0. The molecule has 2 saturated carbocycles. The van der Waals surface area contributed by atoms with Crippen LogP contribution >= 0.6 is 0 Å². The molecule has 82 valence electrons. The minimum Gasteiger partial charge on any atom is -0.330 e. The summed E-state index contributed by atoms with van der Waals surface area (Å²) in [6, 6.07) is 1.74. The van der Waals surface area contributed by atoms with Crippen LogP contribution in [0.15, 0.2) is 0 Å². The van der Waals surface area contributed by atoms with E-state index in [9.17, 15) is 0 Å². The Hall–Kier alpha value is -0.0800. The van der Waals surface area contributed by atoms with Crippen LogP contribution in [0.1, 0.15) is 39.5 Å². The van der Waals surface area contributed by atoms with Gasteiger partial charge in [0.25, 0.3) is 0 Å². The first-order chi connectivity index (χ1) is 6.72. The van der Waals surface area contributed by atoms with Gasteiger partial charge in [-0.2, -0.15) is 0 Å². The topological polar surface area (TPSA) is 29.3 Å². The molecule has 0 heterocycles. The number of rotatable bonds is 5. The second kappa shape index (κ2) is 4.19. The molecule has 2 unspecified atom stereocenters. The Bertz CT molecular complexity index is 185. The summed E-state index contributed by atoms with van der Waals surface area (Å²) in [6.45, 7) is 6.83. The highest BCUT2D eigenvalue weighted by molar-refractivity contribution is 4.96. The van der Waals surface area contributed by atoms with Crippen molar-refractivity contribution < 1.29 is 0 Å². The van der Waals surface area contributed by atoms with Crippen molar-refractivity contribution in [3.05, 3.63) is 0 Å². The van der Waals surface area contributed by atoms with E-state index in [1.54, 1.807) is 0 Å². The molecule has 0 radical (unpaired) electrons. The zero-order valence-corrected chi connectivity index (χ0v) is 9.58. The van der Waals surface area contributed by atoms with Crippen LogP contribution in [0.3, 0.4) is 0 Å². The molecule has 0 aromatic carbocycles. The summed E-state index contributed by atoms with van der Waals surface area (Å²) < 4.78 is 0. The molecule has 2 atom stereocenters. The predicted octanol–water partition coefficient (Wildman–Crippen LogP) is 1.84. The van der Waals surface area contributed by atoms with Crippen LogP contribution in [0, 0.1) is 11.8 Å². The van der Waals surface area contributed by atoms with Crippen molar-refractivity contribution >= 4 is 0 Å². The van der Waals surface area contributed by atoms with E-state index in [2.05, 4.69) is 18.7 Å². The molecular weight excluding hydrogens is 172 g/mol. The lowest BCUT2D eigenvalue weighted by atomic mass is 9.78. The predicted molar refractivity (Wildman–Crippen MR) is 60.1 cm³/mol. The zero-order valence-electron chi connectivity index (χ0n) is 9.58. The standard InChI is InChI=1S/C12H24N2/c1-9(2)8-14(11-4-5-11)12-6-3-10(12)7-13/h9-12H,3-8,13H2,1-2H3. The first-order valence-electron chi connectivity index (χ1n) is 6.18. The zero-order chi connectivity index (χ0) is 10.1. The Balaban J connectivity index is 1.89. The van der Waals surface area contributed by atoms with Gasteiger partial charge in [0.05, 0.1) is 0 Å². The molecule has 0 aromatic rings. The van der Waals surface area contributed by atoms with E-state index in [1.807, 2.05) is 0 Å². The molecule has 2 N–H and O–H groups in total. The summed E-state index contributed by atoms with van der Waals surface area (Å²) in [5.74, 6) is 1.60. The summed E-state index contributed by atoms with van der Waals surface area (Å²) >= 11 is 0. The largest absolute Gasteiger partial charge is 0.330 e. The minimum atomic E-state index is 0.800. The molecule has 0 bridgehead atoms. The van der Waals surface area contributed by atoms with E-state index in [-0.39, 0.29) is 0 Å². The van der Waals surface area contributed by atoms with Crippen molar-refractivity contribution in [3.63, 3.8) is 0 Å². The van der Waals surface area contributed by atoms with Crippen LogP contribution in [-0.4, -0.2) is 30.1 Å². The molecule has 2 aliphatic carbocycles. The van der Waals surface area contributed by atoms with Gasteiger partial charge >= 0.3 is 0 Å². The van der Waals surface area contributed by atoms with Crippen LogP contribution in [-0.2, 0) is 0 Å². The van der Waals surface area contributed by atoms with E-state index in [0.717, 1.165) is 30.5 Å². The Labute approximate surface area is 87.8 Å². The fourth-order valence-electron chi connectivity index (χ4n) is 2.65. The van der Waals surface area contributed by atoms with Gasteiger partial charge in [-0.15, -0.1) is 0 Å². The molecule has 2 rings (SSSR count). The van der Waals surface area contributed by atoms with Gasteiger partial charge in [-0.3, -0.25) is 4.90 Å².